The Morgan fingerprint density at radius 2 is 1.70 bits per heavy atom. The number of primary amides is 1. The maximum Gasteiger partial charge on any atom is 0.419 e. The van der Waals surface area contributed by atoms with Crippen molar-refractivity contribution >= 4 is 11.8 Å². The van der Waals surface area contributed by atoms with Crippen molar-refractivity contribution in [1.82, 2.24) is 20.5 Å². The van der Waals surface area contributed by atoms with Crippen LogP contribution in [0.5, 0.6) is 5.75 Å². The SMILES string of the molecule is CC1(C(=O)NC(c2ccc(F)cc2)c2ccccn2)CCN(CCOc2ccccc2C(F)(F)F)CC1.NC(=O)C1CCNCC1. The van der Waals surface area contributed by atoms with E-state index < -0.39 is 23.2 Å². The number of carbonyl (C=O) groups is 2. The minimum Gasteiger partial charge on any atom is -0.492 e. The Morgan fingerprint density at radius 3 is 2.28 bits per heavy atom. The average molecular weight is 644 g/mol. The smallest absolute Gasteiger partial charge is 0.419 e. The van der Waals surface area contributed by atoms with Crippen molar-refractivity contribution in [3.05, 3.63) is 95.6 Å². The Morgan fingerprint density at radius 1 is 1.04 bits per heavy atom. The number of benzene rings is 2. The number of ether oxygens (including phenoxy) is 1. The van der Waals surface area contributed by atoms with Gasteiger partial charge in [-0.05, 0) is 93.8 Å². The zero-order valence-corrected chi connectivity index (χ0v) is 25.9. The summed E-state index contributed by atoms with van der Waals surface area (Å²) in [7, 11) is 0. The second-order valence-electron chi connectivity index (χ2n) is 11.9. The highest BCUT2D eigenvalue weighted by atomic mass is 19.4. The lowest BCUT2D eigenvalue weighted by molar-refractivity contribution is -0.139. The predicted molar refractivity (Wildman–Crippen MR) is 166 cm³/mol. The van der Waals surface area contributed by atoms with Crippen LogP contribution in [-0.2, 0) is 15.8 Å². The fourth-order valence-corrected chi connectivity index (χ4v) is 5.55. The van der Waals surface area contributed by atoms with Crippen molar-refractivity contribution in [3.63, 3.8) is 0 Å². The van der Waals surface area contributed by atoms with E-state index in [0.717, 1.165) is 37.6 Å². The third-order valence-electron chi connectivity index (χ3n) is 8.57. The molecule has 0 saturated carbocycles. The number of amides is 2. The van der Waals surface area contributed by atoms with Crippen LogP contribution >= 0.6 is 0 Å². The normalized spacial score (nSPS) is 17.7. The molecule has 0 bridgehead atoms. The molecule has 2 saturated heterocycles. The van der Waals surface area contributed by atoms with Crippen LogP contribution in [0.1, 0.15) is 55.5 Å². The van der Waals surface area contributed by atoms with Crippen LogP contribution in [0.2, 0.25) is 0 Å². The van der Waals surface area contributed by atoms with Crippen LogP contribution in [0.25, 0.3) is 0 Å². The van der Waals surface area contributed by atoms with Crippen LogP contribution < -0.4 is 21.1 Å². The second kappa shape index (κ2) is 16.0. The molecule has 248 valence electrons. The van der Waals surface area contributed by atoms with Gasteiger partial charge in [0.05, 0.1) is 17.3 Å². The first kappa shape index (κ1) is 34.8. The fourth-order valence-electron chi connectivity index (χ4n) is 5.55. The van der Waals surface area contributed by atoms with E-state index in [0.29, 0.717) is 38.2 Å². The summed E-state index contributed by atoms with van der Waals surface area (Å²) >= 11 is 0. The monoisotopic (exact) mass is 643 g/mol. The molecule has 0 radical (unpaired) electrons. The summed E-state index contributed by atoms with van der Waals surface area (Å²) in [6, 6.07) is 16.1. The van der Waals surface area contributed by atoms with Gasteiger partial charge in [0.1, 0.15) is 18.2 Å². The number of para-hydroxylation sites is 1. The number of nitrogens with two attached hydrogens (primary N) is 1. The van der Waals surface area contributed by atoms with Gasteiger partial charge < -0.3 is 21.1 Å². The van der Waals surface area contributed by atoms with Crippen molar-refractivity contribution in [3.8, 4) is 5.75 Å². The Balaban J connectivity index is 0.000000459. The predicted octanol–water partition coefficient (Wildman–Crippen LogP) is 5.10. The number of rotatable bonds is 9. The molecule has 3 heterocycles. The molecule has 1 unspecified atom stereocenters. The standard InChI is InChI=1S/C28H29F4N3O2.C6H12N2O/c1-27(26(36)34-25(23-7-4-5-15-33-23)20-9-11-21(29)12-10-20)13-16-35(17-14-27)18-19-37-24-8-3-2-6-22(24)28(30,31)32;7-6(9)5-1-3-8-4-2-5/h2-12,15,25H,13-14,16-19H2,1H3,(H,34,36);5,8H,1-4H2,(H2,7,9). The number of aromatic nitrogens is 1. The molecule has 5 rings (SSSR count). The molecule has 2 fully saturated rings. The van der Waals surface area contributed by atoms with E-state index in [1.807, 2.05) is 19.1 Å². The van der Waals surface area contributed by atoms with E-state index in [1.54, 1.807) is 24.4 Å². The maximum atomic E-state index is 13.5. The summed E-state index contributed by atoms with van der Waals surface area (Å²) in [6.45, 7) is 5.58. The average Bonchev–Trinajstić information content (AvgIpc) is 3.06. The number of halogens is 4. The molecule has 2 aliphatic heterocycles. The number of hydrogen-bond donors (Lipinski definition) is 3. The summed E-state index contributed by atoms with van der Waals surface area (Å²) in [5.74, 6) is -0.678. The third-order valence-corrected chi connectivity index (χ3v) is 8.57. The zero-order chi connectivity index (χ0) is 33.2. The van der Waals surface area contributed by atoms with Crippen LogP contribution in [0.15, 0.2) is 72.9 Å². The van der Waals surface area contributed by atoms with E-state index in [9.17, 15) is 27.2 Å². The molecular weight excluding hydrogens is 602 g/mol. The lowest BCUT2D eigenvalue weighted by atomic mass is 9.79. The van der Waals surface area contributed by atoms with Crippen LogP contribution in [0, 0.1) is 17.2 Å². The summed E-state index contributed by atoms with van der Waals surface area (Å²) in [6.07, 6.45) is 0.155. The Kier molecular flexibility index (Phi) is 12.1. The van der Waals surface area contributed by atoms with Gasteiger partial charge in [-0.3, -0.25) is 19.5 Å². The van der Waals surface area contributed by atoms with Gasteiger partial charge in [0, 0.05) is 24.1 Å². The summed E-state index contributed by atoms with van der Waals surface area (Å²) < 4.78 is 58.4. The highest BCUT2D eigenvalue weighted by Gasteiger charge is 2.38. The first-order valence-electron chi connectivity index (χ1n) is 15.4. The molecule has 46 heavy (non-hydrogen) atoms. The molecule has 4 N–H and O–H groups in total. The van der Waals surface area contributed by atoms with Gasteiger partial charge in [-0.25, -0.2) is 4.39 Å². The molecule has 0 spiro atoms. The van der Waals surface area contributed by atoms with Crippen molar-refractivity contribution in [1.29, 1.82) is 0 Å². The fraction of sp³-hybridized carbons (Fsp3) is 0.441. The van der Waals surface area contributed by atoms with Crippen molar-refractivity contribution in [2.75, 3.05) is 39.3 Å². The van der Waals surface area contributed by atoms with Crippen molar-refractivity contribution in [2.45, 2.75) is 44.8 Å². The summed E-state index contributed by atoms with van der Waals surface area (Å²) in [5, 5.41) is 6.27. The van der Waals surface area contributed by atoms with E-state index in [-0.39, 0.29) is 35.9 Å². The largest absolute Gasteiger partial charge is 0.492 e. The highest BCUT2D eigenvalue weighted by Crippen LogP contribution is 2.36. The van der Waals surface area contributed by atoms with Gasteiger partial charge >= 0.3 is 6.18 Å². The topological polar surface area (TPSA) is 110 Å². The number of likely N-dealkylation sites (tertiary alicyclic amines) is 1. The molecular formula is C34H41F4N5O3. The highest BCUT2D eigenvalue weighted by molar-refractivity contribution is 5.83. The van der Waals surface area contributed by atoms with Crippen molar-refractivity contribution < 1.29 is 31.9 Å². The molecule has 2 aliphatic rings. The summed E-state index contributed by atoms with van der Waals surface area (Å²) in [5.41, 5.74) is 5.06. The van der Waals surface area contributed by atoms with E-state index in [1.165, 1.54) is 30.3 Å². The number of nitrogens with zero attached hydrogens (tertiary/aromatic N) is 2. The molecule has 1 aromatic heterocycles. The maximum absolute atomic E-state index is 13.5. The van der Waals surface area contributed by atoms with Gasteiger partial charge in [-0.2, -0.15) is 13.2 Å². The van der Waals surface area contributed by atoms with Crippen LogP contribution in [-0.4, -0.2) is 61.0 Å². The molecule has 8 nitrogen and oxygen atoms in total. The number of pyridine rings is 1. The number of nitrogens with one attached hydrogen (secondary N) is 2. The van der Waals surface area contributed by atoms with E-state index >= 15 is 0 Å². The lowest BCUT2D eigenvalue weighted by Gasteiger charge is -2.39. The Labute approximate surface area is 266 Å². The molecule has 0 aliphatic carbocycles. The quantitative estimate of drug-likeness (QED) is 0.280. The summed E-state index contributed by atoms with van der Waals surface area (Å²) in [4.78, 5) is 30.4. The van der Waals surface area contributed by atoms with Gasteiger partial charge in [0.25, 0.3) is 0 Å². The minimum absolute atomic E-state index is 0.113. The second-order valence-corrected chi connectivity index (χ2v) is 11.9. The number of alkyl halides is 3. The van der Waals surface area contributed by atoms with Gasteiger partial charge in [-0.15, -0.1) is 0 Å². The molecule has 12 heteroatoms. The number of hydrogen-bond acceptors (Lipinski definition) is 6. The first-order chi connectivity index (χ1) is 22.0. The molecule has 2 amide bonds. The zero-order valence-electron chi connectivity index (χ0n) is 25.9. The van der Waals surface area contributed by atoms with Crippen molar-refractivity contribution in [2.24, 2.45) is 17.1 Å². The van der Waals surface area contributed by atoms with Gasteiger partial charge in [-0.1, -0.05) is 37.3 Å². The van der Waals surface area contributed by atoms with Gasteiger partial charge in [0.15, 0.2) is 0 Å². The third kappa shape index (κ3) is 9.73. The van der Waals surface area contributed by atoms with E-state index in [4.69, 9.17) is 10.5 Å². The molecule has 3 aromatic rings. The molecule has 1 atom stereocenters. The molecule has 2 aromatic carbocycles. The Bertz CT molecular complexity index is 1410. The van der Waals surface area contributed by atoms with E-state index in [2.05, 4.69) is 20.5 Å². The number of carbonyl (C=O) groups excluding carboxylic acids is 2. The number of piperidine rings is 2. The van der Waals surface area contributed by atoms with Crippen LogP contribution in [0.3, 0.4) is 0 Å². The minimum atomic E-state index is -4.47. The van der Waals surface area contributed by atoms with Crippen LogP contribution in [0.4, 0.5) is 17.6 Å². The lowest BCUT2D eigenvalue weighted by Crippen LogP contribution is -2.48. The van der Waals surface area contributed by atoms with Gasteiger partial charge in [0.2, 0.25) is 11.8 Å². The Hall–Kier alpha value is -4.03. The first-order valence-corrected chi connectivity index (χ1v) is 15.4.